The lowest BCUT2D eigenvalue weighted by Crippen LogP contribution is -2.23. The Hall–Kier alpha value is -1.09. The summed E-state index contributed by atoms with van der Waals surface area (Å²) in [5.74, 6) is 2.73. The van der Waals surface area contributed by atoms with Crippen molar-refractivity contribution in [3.63, 3.8) is 0 Å². The maximum absolute atomic E-state index is 4.67. The van der Waals surface area contributed by atoms with Crippen LogP contribution in [0, 0.1) is 11.8 Å². The minimum atomic E-state index is 0.387. The highest BCUT2D eigenvalue weighted by molar-refractivity contribution is 5.41. The molecule has 0 saturated carbocycles. The van der Waals surface area contributed by atoms with Gasteiger partial charge in [-0.3, -0.25) is 0 Å². The van der Waals surface area contributed by atoms with Gasteiger partial charge in [0.25, 0.3) is 0 Å². The van der Waals surface area contributed by atoms with Gasteiger partial charge < -0.3 is 10.2 Å². The molecule has 1 aromatic rings. The van der Waals surface area contributed by atoms with Crippen molar-refractivity contribution >= 4 is 5.82 Å². The lowest BCUT2D eigenvalue weighted by molar-refractivity contribution is 0.422. The first-order chi connectivity index (χ1) is 9.61. The lowest BCUT2D eigenvalue weighted by Gasteiger charge is -2.20. The molecule has 112 valence electrons. The van der Waals surface area contributed by atoms with Crippen LogP contribution in [-0.4, -0.2) is 24.6 Å². The lowest BCUT2D eigenvalue weighted by atomic mass is 9.95. The summed E-state index contributed by atoms with van der Waals surface area (Å²) >= 11 is 0. The summed E-state index contributed by atoms with van der Waals surface area (Å²) in [4.78, 5) is 7.10. The van der Waals surface area contributed by atoms with E-state index in [1.807, 2.05) is 6.20 Å². The summed E-state index contributed by atoms with van der Waals surface area (Å²) in [7, 11) is 0. The average Bonchev–Trinajstić information content (AvgIpc) is 2.95. The SMILES string of the molecule is CCCNC(C)c1ccc(N2CCC(C(C)C)C2)nc1. The molecule has 3 nitrogen and oxygen atoms in total. The van der Waals surface area contributed by atoms with E-state index >= 15 is 0 Å². The number of nitrogens with one attached hydrogen (secondary N) is 1. The van der Waals surface area contributed by atoms with Crippen LogP contribution in [0.25, 0.3) is 0 Å². The maximum Gasteiger partial charge on any atom is 0.128 e. The topological polar surface area (TPSA) is 28.2 Å². The molecular formula is C17H29N3. The minimum absolute atomic E-state index is 0.387. The van der Waals surface area contributed by atoms with Gasteiger partial charge in [-0.25, -0.2) is 4.98 Å². The van der Waals surface area contributed by atoms with Crippen LogP contribution >= 0.6 is 0 Å². The molecule has 1 saturated heterocycles. The van der Waals surface area contributed by atoms with Crippen LogP contribution in [0.5, 0.6) is 0 Å². The molecule has 2 rings (SSSR count). The van der Waals surface area contributed by atoms with E-state index in [1.165, 1.54) is 18.4 Å². The summed E-state index contributed by atoms with van der Waals surface area (Å²) in [6.07, 6.45) is 4.50. The highest BCUT2D eigenvalue weighted by atomic mass is 15.2. The van der Waals surface area contributed by atoms with Crippen molar-refractivity contribution in [1.29, 1.82) is 0 Å². The second-order valence-corrected chi connectivity index (χ2v) is 6.36. The molecular weight excluding hydrogens is 246 g/mol. The summed E-state index contributed by atoms with van der Waals surface area (Å²) < 4.78 is 0. The quantitative estimate of drug-likeness (QED) is 0.859. The minimum Gasteiger partial charge on any atom is -0.356 e. The van der Waals surface area contributed by atoms with Crippen molar-refractivity contribution in [2.24, 2.45) is 11.8 Å². The fourth-order valence-corrected chi connectivity index (χ4v) is 2.86. The monoisotopic (exact) mass is 275 g/mol. The molecule has 0 spiro atoms. The van der Waals surface area contributed by atoms with Crippen LogP contribution in [0.15, 0.2) is 18.3 Å². The van der Waals surface area contributed by atoms with Gasteiger partial charge in [0.15, 0.2) is 0 Å². The van der Waals surface area contributed by atoms with Crippen LogP contribution in [0.1, 0.15) is 52.1 Å². The Bertz CT molecular complexity index is 399. The first-order valence-corrected chi connectivity index (χ1v) is 8.06. The van der Waals surface area contributed by atoms with Crippen LogP contribution in [-0.2, 0) is 0 Å². The summed E-state index contributed by atoms with van der Waals surface area (Å²) in [5.41, 5.74) is 1.28. The number of rotatable bonds is 6. The van der Waals surface area contributed by atoms with Gasteiger partial charge in [-0.2, -0.15) is 0 Å². The Morgan fingerprint density at radius 3 is 2.70 bits per heavy atom. The molecule has 1 aromatic heterocycles. The molecule has 0 bridgehead atoms. The molecule has 1 aliphatic heterocycles. The standard InChI is InChI=1S/C17H29N3/c1-5-9-18-14(4)15-6-7-17(19-11-15)20-10-8-16(12-20)13(2)3/h6-7,11,13-14,16,18H,5,8-10,12H2,1-4H3. The number of nitrogens with zero attached hydrogens (tertiary/aromatic N) is 2. The number of aromatic nitrogens is 1. The molecule has 2 heterocycles. The van der Waals surface area contributed by atoms with Crippen molar-refractivity contribution in [2.75, 3.05) is 24.5 Å². The van der Waals surface area contributed by atoms with Crippen molar-refractivity contribution in [1.82, 2.24) is 10.3 Å². The first-order valence-electron chi connectivity index (χ1n) is 8.06. The molecule has 0 aliphatic carbocycles. The zero-order valence-corrected chi connectivity index (χ0v) is 13.4. The van der Waals surface area contributed by atoms with E-state index in [9.17, 15) is 0 Å². The third-order valence-corrected chi connectivity index (χ3v) is 4.46. The van der Waals surface area contributed by atoms with E-state index in [4.69, 9.17) is 0 Å². The Kier molecular flexibility index (Phi) is 5.41. The summed E-state index contributed by atoms with van der Waals surface area (Å²) in [6, 6.07) is 4.79. The van der Waals surface area contributed by atoms with Crippen molar-refractivity contribution in [3.8, 4) is 0 Å². The number of pyridine rings is 1. The van der Waals surface area contributed by atoms with Crippen molar-refractivity contribution in [2.45, 2.75) is 46.6 Å². The van der Waals surface area contributed by atoms with E-state index < -0.39 is 0 Å². The van der Waals surface area contributed by atoms with Gasteiger partial charge in [-0.1, -0.05) is 26.8 Å². The molecule has 1 N–H and O–H groups in total. The third kappa shape index (κ3) is 3.72. The molecule has 1 aliphatic rings. The van der Waals surface area contributed by atoms with Crippen LogP contribution in [0.3, 0.4) is 0 Å². The Balaban J connectivity index is 1.95. The van der Waals surface area contributed by atoms with E-state index in [-0.39, 0.29) is 0 Å². The van der Waals surface area contributed by atoms with Crippen LogP contribution in [0.4, 0.5) is 5.82 Å². The summed E-state index contributed by atoms with van der Waals surface area (Å²) in [6.45, 7) is 12.4. The van der Waals surface area contributed by atoms with Gasteiger partial charge in [0, 0.05) is 25.3 Å². The largest absolute Gasteiger partial charge is 0.356 e. The Morgan fingerprint density at radius 2 is 2.15 bits per heavy atom. The molecule has 0 aromatic carbocycles. The predicted molar refractivity (Wildman–Crippen MR) is 86.1 cm³/mol. The summed E-state index contributed by atoms with van der Waals surface area (Å²) in [5, 5.41) is 3.51. The average molecular weight is 275 g/mol. The van der Waals surface area contributed by atoms with Gasteiger partial charge in [0.05, 0.1) is 0 Å². The normalized spacial score (nSPS) is 20.6. The fourth-order valence-electron chi connectivity index (χ4n) is 2.86. The van der Waals surface area contributed by atoms with Gasteiger partial charge >= 0.3 is 0 Å². The van der Waals surface area contributed by atoms with Crippen molar-refractivity contribution < 1.29 is 0 Å². The van der Waals surface area contributed by atoms with Crippen LogP contribution in [0.2, 0.25) is 0 Å². The number of anilines is 1. The Labute approximate surface area is 123 Å². The second kappa shape index (κ2) is 7.07. The molecule has 0 radical (unpaired) electrons. The fraction of sp³-hybridized carbons (Fsp3) is 0.706. The zero-order valence-electron chi connectivity index (χ0n) is 13.4. The molecule has 0 amide bonds. The highest BCUT2D eigenvalue weighted by Gasteiger charge is 2.25. The smallest absolute Gasteiger partial charge is 0.128 e. The first kappa shape index (κ1) is 15.3. The van der Waals surface area contributed by atoms with E-state index in [0.29, 0.717) is 6.04 Å². The highest BCUT2D eigenvalue weighted by Crippen LogP contribution is 2.27. The third-order valence-electron chi connectivity index (χ3n) is 4.46. The molecule has 3 heteroatoms. The maximum atomic E-state index is 4.67. The predicted octanol–water partition coefficient (Wildman–Crippen LogP) is 3.62. The van der Waals surface area contributed by atoms with E-state index in [1.54, 1.807) is 0 Å². The van der Waals surface area contributed by atoms with Crippen molar-refractivity contribution in [3.05, 3.63) is 23.9 Å². The van der Waals surface area contributed by atoms with E-state index in [0.717, 1.165) is 37.3 Å². The molecule has 1 fully saturated rings. The number of hydrogen-bond acceptors (Lipinski definition) is 3. The zero-order chi connectivity index (χ0) is 14.5. The van der Waals surface area contributed by atoms with Gasteiger partial charge in [-0.15, -0.1) is 0 Å². The van der Waals surface area contributed by atoms with Gasteiger partial charge in [-0.05, 0) is 49.8 Å². The Morgan fingerprint density at radius 1 is 1.35 bits per heavy atom. The molecule has 2 atom stereocenters. The van der Waals surface area contributed by atoms with Gasteiger partial charge in [0.2, 0.25) is 0 Å². The molecule has 2 unspecified atom stereocenters. The van der Waals surface area contributed by atoms with E-state index in [2.05, 4.69) is 55.0 Å². The van der Waals surface area contributed by atoms with Gasteiger partial charge in [0.1, 0.15) is 5.82 Å². The van der Waals surface area contributed by atoms with Crippen LogP contribution < -0.4 is 10.2 Å². The molecule has 20 heavy (non-hydrogen) atoms. The number of hydrogen-bond donors (Lipinski definition) is 1. The second-order valence-electron chi connectivity index (χ2n) is 6.36.